The van der Waals surface area contributed by atoms with Crippen LogP contribution in [-0.2, 0) is 0 Å². The van der Waals surface area contributed by atoms with Gasteiger partial charge < -0.3 is 4.42 Å². The van der Waals surface area contributed by atoms with Crippen LogP contribution in [0.4, 0.5) is 0 Å². The Morgan fingerprint density at radius 2 is 2.10 bits per heavy atom. The lowest BCUT2D eigenvalue weighted by Crippen LogP contribution is -1.64. The molecule has 2 heteroatoms. The van der Waals surface area contributed by atoms with Crippen LogP contribution in [0.2, 0.25) is 0 Å². The quantitative estimate of drug-likeness (QED) is 0.570. The van der Waals surface area contributed by atoms with E-state index in [1.165, 1.54) is 0 Å². The smallest absolute Gasteiger partial charge is 0.0992 e. The first-order valence-corrected chi connectivity index (χ1v) is 3.46. The Morgan fingerprint density at radius 3 is 2.90 bits per heavy atom. The molecule has 0 amide bonds. The van der Waals surface area contributed by atoms with Gasteiger partial charge in [-0.25, -0.2) is 0 Å². The van der Waals surface area contributed by atoms with E-state index in [1.807, 2.05) is 18.2 Å². The molecule has 50 valence electrons. The van der Waals surface area contributed by atoms with Crippen LogP contribution in [-0.4, -0.2) is 0 Å². The van der Waals surface area contributed by atoms with Crippen molar-refractivity contribution in [2.45, 2.75) is 4.90 Å². The minimum atomic E-state index is 0.964. The third kappa shape index (κ3) is 0.727. The highest BCUT2D eigenvalue weighted by molar-refractivity contribution is 7.80. The van der Waals surface area contributed by atoms with Crippen molar-refractivity contribution in [2.75, 3.05) is 0 Å². The maximum atomic E-state index is 5.00. The lowest BCUT2D eigenvalue weighted by atomic mass is 10.2. The van der Waals surface area contributed by atoms with E-state index in [2.05, 4.69) is 12.6 Å². The minimum Gasteiger partial charge on any atom is -0.471 e. The zero-order valence-corrected chi connectivity index (χ0v) is 6.14. The molecule has 0 N–H and O–H groups in total. The van der Waals surface area contributed by atoms with Gasteiger partial charge in [0.15, 0.2) is 0 Å². The van der Waals surface area contributed by atoms with Crippen molar-refractivity contribution >= 4 is 23.4 Å². The summed E-state index contributed by atoms with van der Waals surface area (Å²) in [4.78, 5) is 0.964. The first kappa shape index (κ1) is 5.86. The van der Waals surface area contributed by atoms with Gasteiger partial charge in [0.25, 0.3) is 0 Å². The maximum absolute atomic E-state index is 5.00. The van der Waals surface area contributed by atoms with Gasteiger partial charge >= 0.3 is 0 Å². The number of hydrogen-bond acceptors (Lipinski definition) is 2. The minimum absolute atomic E-state index is 0.964. The average Bonchev–Trinajstić information content (AvgIpc) is 2.36. The SMILES string of the molecule is Sc1cccc2cocc12. The molecule has 0 aliphatic rings. The monoisotopic (exact) mass is 150 g/mol. The lowest BCUT2D eigenvalue weighted by Gasteiger charge is -1.89. The van der Waals surface area contributed by atoms with Gasteiger partial charge in [-0.15, -0.1) is 12.6 Å². The van der Waals surface area contributed by atoms with Crippen LogP contribution in [0.3, 0.4) is 0 Å². The summed E-state index contributed by atoms with van der Waals surface area (Å²) in [6.07, 6.45) is 3.42. The summed E-state index contributed by atoms with van der Waals surface area (Å²) in [6.45, 7) is 0. The Hall–Kier alpha value is -0.890. The molecule has 1 nitrogen and oxygen atoms in total. The van der Waals surface area contributed by atoms with Crippen molar-refractivity contribution < 1.29 is 4.42 Å². The summed E-state index contributed by atoms with van der Waals surface area (Å²) >= 11 is 4.26. The molecule has 10 heavy (non-hydrogen) atoms. The molecule has 0 saturated carbocycles. The van der Waals surface area contributed by atoms with Crippen LogP contribution in [0, 0.1) is 0 Å². The Balaban J connectivity index is 2.95. The molecular weight excluding hydrogens is 144 g/mol. The second kappa shape index (κ2) is 2.06. The van der Waals surface area contributed by atoms with E-state index >= 15 is 0 Å². The topological polar surface area (TPSA) is 13.1 Å². The average molecular weight is 150 g/mol. The molecule has 1 heterocycles. The number of thiol groups is 1. The zero-order chi connectivity index (χ0) is 6.97. The van der Waals surface area contributed by atoms with Crippen LogP contribution in [0.1, 0.15) is 0 Å². The van der Waals surface area contributed by atoms with Crippen LogP contribution in [0.15, 0.2) is 40.0 Å². The molecule has 2 rings (SSSR count). The fourth-order valence-corrected chi connectivity index (χ4v) is 1.24. The van der Waals surface area contributed by atoms with Crippen molar-refractivity contribution in [3.63, 3.8) is 0 Å². The van der Waals surface area contributed by atoms with Crippen LogP contribution < -0.4 is 0 Å². The van der Waals surface area contributed by atoms with Gasteiger partial charge in [0.1, 0.15) is 0 Å². The Labute approximate surface area is 64.1 Å². The predicted octanol–water partition coefficient (Wildman–Crippen LogP) is 2.72. The maximum Gasteiger partial charge on any atom is 0.0992 e. The Kier molecular flexibility index (Phi) is 1.21. The molecule has 0 spiro atoms. The van der Waals surface area contributed by atoms with E-state index in [0.717, 1.165) is 15.7 Å². The first-order valence-electron chi connectivity index (χ1n) is 3.02. The highest BCUT2D eigenvalue weighted by Crippen LogP contribution is 2.21. The van der Waals surface area contributed by atoms with Crippen molar-refractivity contribution in [3.05, 3.63) is 30.7 Å². The van der Waals surface area contributed by atoms with Gasteiger partial charge in [-0.05, 0) is 6.07 Å². The van der Waals surface area contributed by atoms with Crippen molar-refractivity contribution in [1.82, 2.24) is 0 Å². The van der Waals surface area contributed by atoms with E-state index in [1.54, 1.807) is 12.5 Å². The van der Waals surface area contributed by atoms with Gasteiger partial charge in [0.2, 0.25) is 0 Å². The number of rotatable bonds is 0. The summed E-state index contributed by atoms with van der Waals surface area (Å²) in [5.74, 6) is 0. The van der Waals surface area contributed by atoms with Crippen molar-refractivity contribution in [3.8, 4) is 0 Å². The van der Waals surface area contributed by atoms with E-state index in [9.17, 15) is 0 Å². The lowest BCUT2D eigenvalue weighted by molar-refractivity contribution is 0.572. The number of fused-ring (bicyclic) bond motifs is 1. The van der Waals surface area contributed by atoms with E-state index in [0.29, 0.717) is 0 Å². The molecular formula is C8H6OS. The summed E-state index contributed by atoms with van der Waals surface area (Å²) in [5, 5.41) is 2.18. The van der Waals surface area contributed by atoms with E-state index in [4.69, 9.17) is 4.42 Å². The Bertz CT molecular complexity index is 351. The molecule has 2 aromatic rings. The van der Waals surface area contributed by atoms with Gasteiger partial charge in [-0.3, -0.25) is 0 Å². The third-order valence-corrected chi connectivity index (χ3v) is 1.89. The molecule has 0 aliphatic carbocycles. The summed E-state index contributed by atoms with van der Waals surface area (Å²) in [6, 6.07) is 5.90. The third-order valence-electron chi connectivity index (χ3n) is 1.50. The molecule has 0 unspecified atom stereocenters. The van der Waals surface area contributed by atoms with Gasteiger partial charge in [0, 0.05) is 15.7 Å². The van der Waals surface area contributed by atoms with Gasteiger partial charge in [0.05, 0.1) is 12.5 Å². The number of benzene rings is 1. The molecule has 0 fully saturated rings. The van der Waals surface area contributed by atoms with Gasteiger partial charge in [-0.1, -0.05) is 12.1 Å². The van der Waals surface area contributed by atoms with Crippen LogP contribution in [0.25, 0.3) is 10.8 Å². The molecule has 0 aliphatic heterocycles. The van der Waals surface area contributed by atoms with Gasteiger partial charge in [-0.2, -0.15) is 0 Å². The summed E-state index contributed by atoms with van der Waals surface area (Å²) in [5.41, 5.74) is 0. The standard InChI is InChI=1S/C8H6OS/c10-8-3-1-2-6-4-9-5-7(6)8/h1-5,10H. The fraction of sp³-hybridized carbons (Fsp3) is 0. The second-order valence-electron chi connectivity index (χ2n) is 2.15. The zero-order valence-electron chi connectivity index (χ0n) is 5.24. The Morgan fingerprint density at radius 1 is 1.20 bits per heavy atom. The molecule has 1 aromatic carbocycles. The fourth-order valence-electron chi connectivity index (χ4n) is 0.977. The van der Waals surface area contributed by atoms with E-state index in [-0.39, 0.29) is 0 Å². The van der Waals surface area contributed by atoms with Crippen molar-refractivity contribution in [1.29, 1.82) is 0 Å². The highest BCUT2D eigenvalue weighted by atomic mass is 32.1. The molecule has 0 saturated heterocycles. The second-order valence-corrected chi connectivity index (χ2v) is 2.63. The summed E-state index contributed by atoms with van der Waals surface area (Å²) < 4.78 is 5.00. The normalized spacial score (nSPS) is 10.5. The predicted molar refractivity (Wildman–Crippen MR) is 43.5 cm³/mol. The highest BCUT2D eigenvalue weighted by Gasteiger charge is 1.96. The summed E-state index contributed by atoms with van der Waals surface area (Å²) in [7, 11) is 0. The largest absolute Gasteiger partial charge is 0.471 e. The molecule has 0 bridgehead atoms. The molecule has 1 aromatic heterocycles. The van der Waals surface area contributed by atoms with Crippen LogP contribution >= 0.6 is 12.6 Å². The van der Waals surface area contributed by atoms with Crippen LogP contribution in [0.5, 0.6) is 0 Å². The number of hydrogen-bond donors (Lipinski definition) is 1. The number of furan rings is 1. The molecule has 0 radical (unpaired) electrons. The van der Waals surface area contributed by atoms with E-state index < -0.39 is 0 Å². The first-order chi connectivity index (χ1) is 4.88. The molecule has 0 atom stereocenters. The van der Waals surface area contributed by atoms with Crippen molar-refractivity contribution in [2.24, 2.45) is 0 Å².